The lowest BCUT2D eigenvalue weighted by atomic mass is 9.97. The molecule has 1 aromatic carbocycles. The third-order valence-corrected chi connectivity index (χ3v) is 6.18. The lowest BCUT2D eigenvalue weighted by Crippen LogP contribution is -2.33. The Morgan fingerprint density at radius 2 is 2.00 bits per heavy atom. The van der Waals surface area contributed by atoms with Gasteiger partial charge in [-0.1, -0.05) is 29.4 Å². The van der Waals surface area contributed by atoms with E-state index < -0.39 is 0 Å². The molecular formula is C23H23N9O. The number of hydrogen-bond donors (Lipinski definition) is 0. The van der Waals surface area contributed by atoms with Crippen LogP contribution in [-0.4, -0.2) is 53.2 Å². The topological polar surface area (TPSA) is 112 Å². The molecule has 5 aromatic rings. The van der Waals surface area contributed by atoms with Crippen LogP contribution in [0.2, 0.25) is 0 Å². The number of hydrogen-bond acceptors (Lipinski definition) is 9. The molecule has 1 aliphatic rings. The second-order valence-corrected chi connectivity index (χ2v) is 8.32. The fourth-order valence-electron chi connectivity index (χ4n) is 4.33. The average Bonchev–Trinajstić information content (AvgIpc) is 3.51. The van der Waals surface area contributed by atoms with Crippen molar-refractivity contribution in [2.45, 2.75) is 38.6 Å². The van der Waals surface area contributed by atoms with Crippen LogP contribution in [0.15, 0.2) is 47.2 Å². The molecule has 10 nitrogen and oxygen atoms in total. The molecule has 0 bridgehead atoms. The Balaban J connectivity index is 1.21. The Hall–Kier alpha value is -3.95. The Bertz CT molecular complexity index is 1420. The molecule has 1 fully saturated rings. The van der Waals surface area contributed by atoms with E-state index in [9.17, 15) is 0 Å². The number of nitrogens with zero attached hydrogens (tertiary/aromatic N) is 9. The van der Waals surface area contributed by atoms with Crippen LogP contribution < -0.4 is 4.90 Å². The van der Waals surface area contributed by atoms with Crippen LogP contribution in [0, 0.1) is 0 Å². The average molecular weight is 441 g/mol. The maximum atomic E-state index is 5.45. The molecular weight excluding hydrogens is 418 g/mol. The van der Waals surface area contributed by atoms with Crippen molar-refractivity contribution in [3.05, 3.63) is 60.0 Å². The van der Waals surface area contributed by atoms with Crippen molar-refractivity contribution >= 4 is 28.0 Å². The van der Waals surface area contributed by atoms with Crippen LogP contribution in [0.4, 0.5) is 5.82 Å². The van der Waals surface area contributed by atoms with Crippen molar-refractivity contribution in [2.24, 2.45) is 0 Å². The van der Waals surface area contributed by atoms with E-state index in [1.54, 1.807) is 17.1 Å². The summed E-state index contributed by atoms with van der Waals surface area (Å²) in [7, 11) is 0. The molecule has 1 aliphatic heterocycles. The Labute approximate surface area is 189 Å². The predicted molar refractivity (Wildman–Crippen MR) is 122 cm³/mol. The number of piperidine rings is 1. The lowest BCUT2D eigenvalue weighted by molar-refractivity contribution is 0.326. The first-order chi connectivity index (χ1) is 16.3. The van der Waals surface area contributed by atoms with Crippen molar-refractivity contribution in [1.82, 2.24) is 40.1 Å². The van der Waals surface area contributed by atoms with Gasteiger partial charge in [0, 0.05) is 37.0 Å². The fraction of sp³-hybridized carbons (Fsp3) is 0.348. The van der Waals surface area contributed by atoms with E-state index in [1.165, 1.54) is 0 Å². The Kier molecular flexibility index (Phi) is 4.89. The van der Waals surface area contributed by atoms with Gasteiger partial charge in [-0.25, -0.2) is 14.6 Å². The number of rotatable bonds is 5. The SMILES string of the molecule is CCc1noc(C2CCN(c3cnc4nnn(Cc5ccc6ncccc6c5)c4n3)CC2)n1. The van der Waals surface area contributed by atoms with E-state index in [2.05, 4.69) is 53.5 Å². The zero-order valence-electron chi connectivity index (χ0n) is 18.3. The monoisotopic (exact) mass is 441 g/mol. The van der Waals surface area contributed by atoms with Gasteiger partial charge in [-0.05, 0) is 36.6 Å². The Morgan fingerprint density at radius 3 is 2.85 bits per heavy atom. The number of aryl methyl sites for hydroxylation is 1. The van der Waals surface area contributed by atoms with Gasteiger partial charge < -0.3 is 9.42 Å². The van der Waals surface area contributed by atoms with Gasteiger partial charge in [-0.2, -0.15) is 4.98 Å². The minimum absolute atomic E-state index is 0.292. The summed E-state index contributed by atoms with van der Waals surface area (Å²) in [6.07, 6.45) is 6.25. The molecule has 33 heavy (non-hydrogen) atoms. The van der Waals surface area contributed by atoms with Crippen LogP contribution in [-0.2, 0) is 13.0 Å². The molecule has 4 aromatic heterocycles. The van der Waals surface area contributed by atoms with Crippen molar-refractivity contribution in [1.29, 1.82) is 0 Å². The number of fused-ring (bicyclic) bond motifs is 2. The quantitative estimate of drug-likeness (QED) is 0.406. The summed E-state index contributed by atoms with van der Waals surface area (Å²) >= 11 is 0. The second kappa shape index (κ2) is 8.19. The van der Waals surface area contributed by atoms with Gasteiger partial charge in [0.2, 0.25) is 11.5 Å². The molecule has 0 amide bonds. The summed E-state index contributed by atoms with van der Waals surface area (Å²) in [4.78, 5) is 20.5. The summed E-state index contributed by atoms with van der Waals surface area (Å²) < 4.78 is 7.26. The van der Waals surface area contributed by atoms with Crippen molar-refractivity contribution < 1.29 is 4.52 Å². The minimum atomic E-state index is 0.292. The van der Waals surface area contributed by atoms with Crippen LogP contribution in [0.3, 0.4) is 0 Å². The van der Waals surface area contributed by atoms with Crippen molar-refractivity contribution in [3.63, 3.8) is 0 Å². The standard InChI is InChI=1S/C23H23N9O/c1-2-19-26-23(33-29-19)16-7-10-31(11-8-16)20-13-25-21-22(27-20)32(30-28-21)14-15-5-6-18-17(12-15)4-3-9-24-18/h3-6,9,12-13,16H,2,7-8,10-11,14H2,1H3. The molecule has 0 N–H and O–H groups in total. The molecule has 0 radical (unpaired) electrons. The minimum Gasteiger partial charge on any atom is -0.355 e. The van der Waals surface area contributed by atoms with Crippen molar-refractivity contribution in [3.8, 4) is 0 Å². The first-order valence-corrected chi connectivity index (χ1v) is 11.2. The molecule has 0 saturated carbocycles. The molecule has 0 unspecified atom stereocenters. The maximum absolute atomic E-state index is 5.45. The van der Waals surface area contributed by atoms with E-state index in [-0.39, 0.29) is 0 Å². The summed E-state index contributed by atoms with van der Waals surface area (Å²) in [5, 5.41) is 13.6. The van der Waals surface area contributed by atoms with Crippen LogP contribution in [0.5, 0.6) is 0 Å². The summed E-state index contributed by atoms with van der Waals surface area (Å²) in [5.41, 5.74) is 3.32. The number of pyridine rings is 1. The number of benzene rings is 1. The van der Waals surface area contributed by atoms with E-state index in [0.29, 0.717) is 23.8 Å². The summed E-state index contributed by atoms with van der Waals surface area (Å²) in [6, 6.07) is 10.2. The summed E-state index contributed by atoms with van der Waals surface area (Å²) in [6.45, 7) is 4.31. The first-order valence-electron chi connectivity index (χ1n) is 11.2. The van der Waals surface area contributed by atoms with Gasteiger partial charge >= 0.3 is 0 Å². The number of aromatic nitrogens is 8. The van der Waals surface area contributed by atoms with Gasteiger partial charge in [0.05, 0.1) is 18.3 Å². The third kappa shape index (κ3) is 3.77. The smallest absolute Gasteiger partial charge is 0.229 e. The lowest BCUT2D eigenvalue weighted by Gasteiger charge is -2.30. The zero-order valence-corrected chi connectivity index (χ0v) is 18.3. The third-order valence-electron chi connectivity index (χ3n) is 6.18. The molecule has 6 rings (SSSR count). The van der Waals surface area contributed by atoms with E-state index in [4.69, 9.17) is 9.51 Å². The molecule has 0 atom stereocenters. The molecule has 1 saturated heterocycles. The second-order valence-electron chi connectivity index (χ2n) is 8.32. The van der Waals surface area contributed by atoms with Gasteiger partial charge in [0.25, 0.3) is 0 Å². The molecule has 5 heterocycles. The van der Waals surface area contributed by atoms with Gasteiger partial charge in [-0.3, -0.25) is 4.98 Å². The van der Waals surface area contributed by atoms with Gasteiger partial charge in [0.1, 0.15) is 5.82 Å². The normalized spacial score (nSPS) is 15.0. The van der Waals surface area contributed by atoms with Crippen LogP contribution >= 0.6 is 0 Å². The summed E-state index contributed by atoms with van der Waals surface area (Å²) in [5.74, 6) is 2.65. The van der Waals surface area contributed by atoms with E-state index in [0.717, 1.165) is 66.4 Å². The van der Waals surface area contributed by atoms with Crippen LogP contribution in [0.25, 0.3) is 22.2 Å². The highest BCUT2D eigenvalue weighted by Crippen LogP contribution is 2.29. The zero-order chi connectivity index (χ0) is 22.2. The fourth-order valence-corrected chi connectivity index (χ4v) is 4.33. The maximum Gasteiger partial charge on any atom is 0.229 e. The van der Waals surface area contributed by atoms with Crippen LogP contribution in [0.1, 0.15) is 43.0 Å². The molecule has 10 heteroatoms. The predicted octanol–water partition coefficient (Wildman–Crippen LogP) is 3.15. The largest absolute Gasteiger partial charge is 0.355 e. The highest BCUT2D eigenvalue weighted by atomic mass is 16.5. The van der Waals surface area contributed by atoms with Gasteiger partial charge in [-0.15, -0.1) is 5.10 Å². The highest BCUT2D eigenvalue weighted by Gasteiger charge is 2.26. The Morgan fingerprint density at radius 1 is 1.09 bits per heavy atom. The van der Waals surface area contributed by atoms with E-state index in [1.807, 2.05) is 19.1 Å². The van der Waals surface area contributed by atoms with Crippen molar-refractivity contribution in [2.75, 3.05) is 18.0 Å². The highest BCUT2D eigenvalue weighted by molar-refractivity contribution is 5.79. The van der Waals surface area contributed by atoms with E-state index >= 15 is 0 Å². The molecule has 0 aliphatic carbocycles. The van der Waals surface area contributed by atoms with Gasteiger partial charge in [0.15, 0.2) is 11.5 Å². The number of anilines is 1. The first kappa shape index (κ1) is 19.7. The molecule has 0 spiro atoms. The molecule has 166 valence electrons.